The minimum Gasteiger partial charge on any atom is -0.545 e. The van der Waals surface area contributed by atoms with Crippen LogP contribution in [0.2, 0.25) is 0 Å². The SMILES string of the molecule is C=CC1(/C=C(\C)C(=O)[O-])CC1. The van der Waals surface area contributed by atoms with Crippen LogP contribution in [0, 0.1) is 5.41 Å². The van der Waals surface area contributed by atoms with Gasteiger partial charge >= 0.3 is 0 Å². The maximum Gasteiger partial charge on any atom is 0.0669 e. The Morgan fingerprint density at radius 2 is 2.18 bits per heavy atom. The van der Waals surface area contributed by atoms with Crippen LogP contribution >= 0.6 is 0 Å². The minimum absolute atomic E-state index is 0.0237. The number of carboxylic acids is 1. The Bertz CT molecular complexity index is 222. The highest BCUT2D eigenvalue weighted by Crippen LogP contribution is 2.48. The van der Waals surface area contributed by atoms with Gasteiger partial charge in [0, 0.05) is 5.41 Å². The molecule has 0 spiro atoms. The van der Waals surface area contributed by atoms with Crippen molar-refractivity contribution in [1.29, 1.82) is 0 Å². The third-order valence-electron chi connectivity index (χ3n) is 2.06. The van der Waals surface area contributed by atoms with Crippen LogP contribution in [-0.2, 0) is 4.79 Å². The fourth-order valence-electron chi connectivity index (χ4n) is 1.04. The van der Waals surface area contributed by atoms with E-state index in [1.54, 1.807) is 19.1 Å². The van der Waals surface area contributed by atoms with E-state index in [1.807, 2.05) is 0 Å². The summed E-state index contributed by atoms with van der Waals surface area (Å²) in [6.45, 7) is 5.20. The first-order chi connectivity index (χ1) is 5.09. The van der Waals surface area contributed by atoms with E-state index in [9.17, 15) is 9.90 Å². The van der Waals surface area contributed by atoms with Crippen molar-refractivity contribution in [3.8, 4) is 0 Å². The lowest BCUT2D eigenvalue weighted by atomic mass is 10.0. The minimum atomic E-state index is -1.09. The van der Waals surface area contributed by atoms with Gasteiger partial charge in [0.15, 0.2) is 0 Å². The van der Waals surface area contributed by atoms with Gasteiger partial charge in [-0.3, -0.25) is 0 Å². The van der Waals surface area contributed by atoms with Crippen molar-refractivity contribution in [2.75, 3.05) is 0 Å². The van der Waals surface area contributed by atoms with Crippen LogP contribution in [0.4, 0.5) is 0 Å². The second-order valence-corrected chi connectivity index (χ2v) is 3.05. The van der Waals surface area contributed by atoms with Gasteiger partial charge in [-0.15, -0.1) is 6.58 Å². The molecule has 1 aliphatic rings. The molecule has 2 nitrogen and oxygen atoms in total. The molecule has 1 aliphatic carbocycles. The molecule has 0 N–H and O–H groups in total. The molecule has 0 bridgehead atoms. The molecule has 0 saturated heterocycles. The smallest absolute Gasteiger partial charge is 0.0669 e. The predicted molar refractivity (Wildman–Crippen MR) is 40.6 cm³/mol. The molecule has 60 valence electrons. The molecular weight excluding hydrogens is 140 g/mol. The maximum absolute atomic E-state index is 10.3. The summed E-state index contributed by atoms with van der Waals surface area (Å²) in [5.41, 5.74) is 0.284. The number of hydrogen-bond acceptors (Lipinski definition) is 2. The summed E-state index contributed by atoms with van der Waals surface area (Å²) < 4.78 is 0. The number of carbonyl (C=O) groups excluding carboxylic acids is 1. The van der Waals surface area contributed by atoms with Gasteiger partial charge in [0.2, 0.25) is 0 Å². The first-order valence-corrected chi connectivity index (χ1v) is 3.64. The van der Waals surface area contributed by atoms with E-state index >= 15 is 0 Å². The Labute approximate surface area is 66.2 Å². The maximum atomic E-state index is 10.3. The zero-order valence-corrected chi connectivity index (χ0v) is 6.59. The molecule has 11 heavy (non-hydrogen) atoms. The summed E-state index contributed by atoms with van der Waals surface area (Å²) in [5, 5.41) is 10.3. The molecule has 0 aromatic heterocycles. The number of allylic oxidation sites excluding steroid dienone is 2. The summed E-state index contributed by atoms with van der Waals surface area (Å²) in [4.78, 5) is 10.3. The molecular formula is C9H11O2-. The molecule has 0 heterocycles. The van der Waals surface area contributed by atoms with Gasteiger partial charge in [-0.2, -0.15) is 0 Å². The van der Waals surface area contributed by atoms with E-state index in [0.717, 1.165) is 12.8 Å². The highest BCUT2D eigenvalue weighted by molar-refractivity contribution is 5.84. The second-order valence-electron chi connectivity index (χ2n) is 3.05. The molecule has 1 fully saturated rings. The summed E-state index contributed by atoms with van der Waals surface area (Å²) in [6.07, 6.45) is 5.57. The van der Waals surface area contributed by atoms with E-state index < -0.39 is 5.97 Å². The predicted octanol–water partition coefficient (Wildman–Crippen LogP) is 0.649. The van der Waals surface area contributed by atoms with Crippen LogP contribution in [-0.4, -0.2) is 5.97 Å². The number of rotatable bonds is 3. The average Bonchev–Trinajstić information content (AvgIpc) is 2.69. The molecule has 0 aliphatic heterocycles. The van der Waals surface area contributed by atoms with Crippen LogP contribution in [0.15, 0.2) is 24.3 Å². The van der Waals surface area contributed by atoms with Crippen molar-refractivity contribution in [2.45, 2.75) is 19.8 Å². The molecule has 0 amide bonds. The van der Waals surface area contributed by atoms with E-state index in [-0.39, 0.29) is 5.41 Å². The van der Waals surface area contributed by atoms with Gasteiger partial charge in [-0.05, 0) is 25.3 Å². The molecule has 0 unspecified atom stereocenters. The van der Waals surface area contributed by atoms with Crippen molar-refractivity contribution in [3.05, 3.63) is 24.3 Å². The Hall–Kier alpha value is -1.05. The van der Waals surface area contributed by atoms with Crippen LogP contribution in [0.5, 0.6) is 0 Å². The van der Waals surface area contributed by atoms with Gasteiger partial charge in [-0.1, -0.05) is 12.2 Å². The van der Waals surface area contributed by atoms with E-state index in [0.29, 0.717) is 5.57 Å². The number of aliphatic carboxylic acids is 1. The van der Waals surface area contributed by atoms with Crippen LogP contribution in [0.1, 0.15) is 19.8 Å². The molecule has 1 saturated carbocycles. The molecule has 0 radical (unpaired) electrons. The van der Waals surface area contributed by atoms with Gasteiger partial charge < -0.3 is 9.90 Å². The van der Waals surface area contributed by atoms with Gasteiger partial charge in [-0.25, -0.2) is 0 Å². The number of carbonyl (C=O) groups is 1. The summed E-state index contributed by atoms with van der Waals surface area (Å²) in [7, 11) is 0. The summed E-state index contributed by atoms with van der Waals surface area (Å²) in [5.74, 6) is -1.09. The highest BCUT2D eigenvalue weighted by Gasteiger charge is 2.36. The van der Waals surface area contributed by atoms with E-state index in [4.69, 9.17) is 0 Å². The molecule has 0 aromatic rings. The normalized spacial score (nSPS) is 21.0. The Morgan fingerprint density at radius 1 is 1.64 bits per heavy atom. The third-order valence-corrected chi connectivity index (χ3v) is 2.06. The lowest BCUT2D eigenvalue weighted by Gasteiger charge is -2.06. The van der Waals surface area contributed by atoms with E-state index in [2.05, 4.69) is 6.58 Å². The molecule has 2 heteroatoms. The van der Waals surface area contributed by atoms with Crippen LogP contribution in [0.25, 0.3) is 0 Å². The fourth-order valence-corrected chi connectivity index (χ4v) is 1.04. The van der Waals surface area contributed by atoms with Gasteiger partial charge in [0.25, 0.3) is 0 Å². The average molecular weight is 151 g/mol. The Kier molecular flexibility index (Phi) is 1.85. The standard InChI is InChI=1S/C9H12O2/c1-3-9(4-5-9)6-7(2)8(10)11/h3,6H,1,4-5H2,2H3,(H,10,11)/p-1/b7-6+. The zero-order valence-electron chi connectivity index (χ0n) is 6.59. The topological polar surface area (TPSA) is 40.1 Å². The quantitative estimate of drug-likeness (QED) is 0.439. The van der Waals surface area contributed by atoms with Crippen molar-refractivity contribution in [1.82, 2.24) is 0 Å². The first kappa shape index (κ1) is 8.05. The lowest BCUT2D eigenvalue weighted by Crippen LogP contribution is -2.23. The zero-order chi connectivity index (χ0) is 8.48. The second kappa shape index (κ2) is 2.53. The number of carboxylic acid groups (broad SMARTS) is 1. The molecule has 0 aromatic carbocycles. The largest absolute Gasteiger partial charge is 0.545 e. The number of hydrogen-bond donors (Lipinski definition) is 0. The van der Waals surface area contributed by atoms with Crippen molar-refractivity contribution in [2.24, 2.45) is 5.41 Å². The van der Waals surface area contributed by atoms with Gasteiger partial charge in [0.1, 0.15) is 0 Å². The highest BCUT2D eigenvalue weighted by atomic mass is 16.4. The van der Waals surface area contributed by atoms with Gasteiger partial charge in [0.05, 0.1) is 5.97 Å². The third kappa shape index (κ3) is 1.70. The summed E-state index contributed by atoms with van der Waals surface area (Å²) >= 11 is 0. The van der Waals surface area contributed by atoms with Crippen LogP contribution in [0.3, 0.4) is 0 Å². The van der Waals surface area contributed by atoms with E-state index in [1.165, 1.54) is 0 Å². The van der Waals surface area contributed by atoms with Crippen molar-refractivity contribution >= 4 is 5.97 Å². The monoisotopic (exact) mass is 151 g/mol. The molecule has 0 atom stereocenters. The van der Waals surface area contributed by atoms with Crippen molar-refractivity contribution < 1.29 is 9.90 Å². The fraction of sp³-hybridized carbons (Fsp3) is 0.444. The first-order valence-electron chi connectivity index (χ1n) is 3.64. The lowest BCUT2D eigenvalue weighted by molar-refractivity contribution is -0.299. The van der Waals surface area contributed by atoms with Crippen molar-refractivity contribution in [3.63, 3.8) is 0 Å². The summed E-state index contributed by atoms with van der Waals surface area (Å²) in [6, 6.07) is 0. The molecule has 1 rings (SSSR count). The van der Waals surface area contributed by atoms with Crippen LogP contribution < -0.4 is 5.11 Å². The Balaban J connectivity index is 2.71. The Morgan fingerprint density at radius 3 is 2.45 bits per heavy atom.